The van der Waals surface area contributed by atoms with E-state index in [2.05, 4.69) is 5.32 Å². The molecule has 0 radical (unpaired) electrons. The Morgan fingerprint density at radius 2 is 1.88 bits per heavy atom. The van der Waals surface area contributed by atoms with Crippen LogP contribution in [0.4, 0.5) is 14.9 Å². The van der Waals surface area contributed by atoms with E-state index >= 15 is 4.39 Å². The predicted molar refractivity (Wildman–Crippen MR) is 162 cm³/mol. The average molecular weight is 623 g/mol. The molecule has 0 unspecified atom stereocenters. The molecular weight excluding hydrogens is 583 g/mol. The Morgan fingerprint density at radius 1 is 1.19 bits per heavy atom. The topological polar surface area (TPSA) is 122 Å². The summed E-state index contributed by atoms with van der Waals surface area (Å²) in [6, 6.07) is 9.33. The van der Waals surface area contributed by atoms with Crippen LogP contribution < -0.4 is 16.0 Å². The van der Waals surface area contributed by atoms with Gasteiger partial charge in [-0.2, -0.15) is 4.31 Å². The standard InChI is InChI=1S/C30H40ClFN4O5S/c1-18(2)27(20-7-5-8-21(31)15-20)28(33)29(37)35(30(38)41-4)26-10-6-9-25(32)24(26)14-11-22-17-34-16-19(3)36(22)42(39,40)23-12-13-23/h5-10,15,18-19,22-23,27-28,34H,11-14,16-17,33H2,1-4H3/t19-,22+,27-,28+/m1/s1. The smallest absolute Gasteiger partial charge is 0.420 e. The molecule has 1 aliphatic carbocycles. The van der Waals surface area contributed by atoms with Crippen LogP contribution in [0.5, 0.6) is 0 Å². The Morgan fingerprint density at radius 3 is 2.50 bits per heavy atom. The Kier molecular flexibility index (Phi) is 10.3. The Bertz CT molecular complexity index is 1400. The number of nitrogens with zero attached hydrogens (tertiary/aromatic N) is 2. The summed E-state index contributed by atoms with van der Waals surface area (Å²) < 4.78 is 48.5. The molecule has 2 fully saturated rings. The number of halogens is 2. The minimum atomic E-state index is -3.48. The summed E-state index contributed by atoms with van der Waals surface area (Å²) in [6.07, 6.45) is 0.652. The van der Waals surface area contributed by atoms with Gasteiger partial charge < -0.3 is 15.8 Å². The highest BCUT2D eigenvalue weighted by Gasteiger charge is 2.46. The molecule has 9 nitrogen and oxygen atoms in total. The molecule has 230 valence electrons. The molecule has 1 heterocycles. The van der Waals surface area contributed by atoms with Crippen molar-refractivity contribution in [1.82, 2.24) is 9.62 Å². The molecule has 0 aromatic heterocycles. The summed E-state index contributed by atoms with van der Waals surface area (Å²) in [6.45, 7) is 6.63. The first-order chi connectivity index (χ1) is 19.9. The van der Waals surface area contributed by atoms with Crippen molar-refractivity contribution in [2.24, 2.45) is 11.7 Å². The molecule has 2 amide bonds. The van der Waals surface area contributed by atoms with Gasteiger partial charge >= 0.3 is 6.09 Å². The summed E-state index contributed by atoms with van der Waals surface area (Å²) in [7, 11) is -2.34. The molecule has 1 saturated heterocycles. The van der Waals surface area contributed by atoms with E-state index < -0.39 is 45.8 Å². The average Bonchev–Trinajstić information content (AvgIpc) is 3.79. The molecule has 2 aliphatic rings. The SMILES string of the molecule is COC(=O)N(C(=O)[C@@H](N)[C@@H](c1cccc(Cl)c1)C(C)C)c1cccc(F)c1CC[C@H]1CNC[C@@H](C)N1S(=O)(=O)C1CC1. The molecule has 2 aromatic carbocycles. The maximum Gasteiger partial charge on any atom is 0.420 e. The number of methoxy groups -OCH3 is 1. The van der Waals surface area contributed by atoms with E-state index in [0.29, 0.717) is 31.0 Å². The maximum atomic E-state index is 15.5. The summed E-state index contributed by atoms with van der Waals surface area (Å²) >= 11 is 6.22. The highest BCUT2D eigenvalue weighted by molar-refractivity contribution is 7.90. The first-order valence-corrected chi connectivity index (χ1v) is 16.2. The van der Waals surface area contributed by atoms with Crippen LogP contribution in [0.1, 0.15) is 57.1 Å². The van der Waals surface area contributed by atoms with Crippen molar-refractivity contribution in [3.8, 4) is 0 Å². The number of carbonyl (C=O) groups is 2. The zero-order valence-electron chi connectivity index (χ0n) is 24.4. The van der Waals surface area contributed by atoms with E-state index in [9.17, 15) is 18.0 Å². The number of hydrogen-bond acceptors (Lipinski definition) is 7. The van der Waals surface area contributed by atoms with Crippen LogP contribution in [-0.2, 0) is 26.0 Å². The van der Waals surface area contributed by atoms with Gasteiger partial charge in [-0.05, 0) is 68.4 Å². The lowest BCUT2D eigenvalue weighted by Gasteiger charge is -2.40. The number of ether oxygens (including phenoxy) is 1. The highest BCUT2D eigenvalue weighted by Crippen LogP contribution is 2.36. The van der Waals surface area contributed by atoms with Gasteiger partial charge in [-0.3, -0.25) is 4.79 Å². The molecule has 42 heavy (non-hydrogen) atoms. The molecule has 1 saturated carbocycles. The largest absolute Gasteiger partial charge is 0.452 e. The van der Waals surface area contributed by atoms with E-state index in [1.54, 1.807) is 22.5 Å². The molecule has 0 spiro atoms. The number of piperazine rings is 1. The maximum absolute atomic E-state index is 15.5. The Labute approximate surface area is 252 Å². The van der Waals surface area contributed by atoms with Crippen LogP contribution in [0.25, 0.3) is 0 Å². The van der Waals surface area contributed by atoms with Crippen molar-refractivity contribution >= 4 is 39.3 Å². The summed E-state index contributed by atoms with van der Waals surface area (Å²) in [5.74, 6) is -1.98. The molecule has 12 heteroatoms. The first-order valence-electron chi connectivity index (χ1n) is 14.3. The van der Waals surface area contributed by atoms with E-state index in [0.717, 1.165) is 17.6 Å². The van der Waals surface area contributed by atoms with Gasteiger partial charge in [0.05, 0.1) is 24.1 Å². The normalized spacial score (nSPS) is 21.1. The number of benzene rings is 2. The molecular formula is C30H40ClFN4O5S. The van der Waals surface area contributed by atoms with Crippen LogP contribution in [-0.4, -0.2) is 68.3 Å². The van der Waals surface area contributed by atoms with Gasteiger partial charge in [0, 0.05) is 41.7 Å². The van der Waals surface area contributed by atoms with Crippen molar-refractivity contribution in [2.75, 3.05) is 25.1 Å². The quantitative estimate of drug-likeness (QED) is 0.402. The molecule has 4 rings (SSSR count). The first kappa shape index (κ1) is 32.3. The Balaban J connectivity index is 1.66. The van der Waals surface area contributed by atoms with Crippen molar-refractivity contribution < 1.29 is 27.1 Å². The van der Waals surface area contributed by atoms with Crippen LogP contribution in [0.3, 0.4) is 0 Å². The fourth-order valence-electron chi connectivity index (χ4n) is 5.96. The number of nitrogens with two attached hydrogens (primary N) is 1. The number of sulfonamides is 1. The van der Waals surface area contributed by atoms with E-state index in [1.807, 2.05) is 26.8 Å². The summed E-state index contributed by atoms with van der Waals surface area (Å²) in [5.41, 5.74) is 7.41. The number of carbonyl (C=O) groups excluding carboxylic acids is 2. The van der Waals surface area contributed by atoms with E-state index in [4.69, 9.17) is 22.1 Å². The highest BCUT2D eigenvalue weighted by atomic mass is 35.5. The third kappa shape index (κ3) is 6.81. The van der Waals surface area contributed by atoms with E-state index in [1.165, 1.54) is 18.2 Å². The number of amides is 2. The molecule has 1 aliphatic heterocycles. The predicted octanol–water partition coefficient (Wildman–Crippen LogP) is 4.43. The van der Waals surface area contributed by atoms with Crippen LogP contribution in [0.15, 0.2) is 42.5 Å². The summed E-state index contributed by atoms with van der Waals surface area (Å²) in [4.78, 5) is 27.9. The number of nitrogens with one attached hydrogen (secondary N) is 1. The van der Waals surface area contributed by atoms with Gasteiger partial charge in [0.15, 0.2) is 0 Å². The Hall–Kier alpha value is -2.57. The molecule has 3 N–H and O–H groups in total. The fourth-order valence-corrected chi connectivity index (χ4v) is 8.41. The third-order valence-corrected chi connectivity index (χ3v) is 10.9. The van der Waals surface area contributed by atoms with Crippen LogP contribution in [0.2, 0.25) is 5.02 Å². The van der Waals surface area contributed by atoms with Gasteiger partial charge in [-0.15, -0.1) is 0 Å². The number of anilines is 1. The second-order valence-corrected chi connectivity index (χ2v) is 14.1. The van der Waals surface area contributed by atoms with Crippen molar-refractivity contribution in [3.05, 3.63) is 64.4 Å². The van der Waals surface area contributed by atoms with Gasteiger partial charge in [0.25, 0.3) is 5.91 Å². The second kappa shape index (κ2) is 13.4. The zero-order chi connectivity index (χ0) is 30.8. The molecule has 4 atom stereocenters. The second-order valence-electron chi connectivity index (χ2n) is 11.5. The van der Waals surface area contributed by atoms with Gasteiger partial charge in [0.2, 0.25) is 10.0 Å². The van der Waals surface area contributed by atoms with Crippen molar-refractivity contribution in [1.29, 1.82) is 0 Å². The van der Waals surface area contributed by atoms with Crippen molar-refractivity contribution in [2.45, 2.75) is 75.7 Å². The van der Waals surface area contributed by atoms with E-state index in [-0.39, 0.29) is 41.3 Å². The monoisotopic (exact) mass is 622 g/mol. The lowest BCUT2D eigenvalue weighted by atomic mass is 9.82. The van der Waals surface area contributed by atoms with Gasteiger partial charge in [0.1, 0.15) is 5.82 Å². The molecule has 2 aromatic rings. The number of hydrogen-bond donors (Lipinski definition) is 2. The van der Waals surface area contributed by atoms with Crippen molar-refractivity contribution in [3.63, 3.8) is 0 Å². The third-order valence-electron chi connectivity index (χ3n) is 8.12. The van der Waals surface area contributed by atoms with Crippen LogP contribution in [0, 0.1) is 11.7 Å². The van der Waals surface area contributed by atoms with Crippen LogP contribution >= 0.6 is 11.6 Å². The van der Waals surface area contributed by atoms with Gasteiger partial charge in [-0.25, -0.2) is 22.5 Å². The fraction of sp³-hybridized carbons (Fsp3) is 0.533. The zero-order valence-corrected chi connectivity index (χ0v) is 26.0. The summed E-state index contributed by atoms with van der Waals surface area (Å²) in [5, 5.41) is 3.39. The lowest BCUT2D eigenvalue weighted by Crippen LogP contribution is -2.59. The lowest BCUT2D eigenvalue weighted by molar-refractivity contribution is -0.120. The van der Waals surface area contributed by atoms with Gasteiger partial charge in [-0.1, -0.05) is 43.6 Å². The number of imide groups is 1. The minimum Gasteiger partial charge on any atom is -0.452 e. The molecule has 0 bridgehead atoms. The number of rotatable bonds is 10. The minimum absolute atomic E-state index is 0.0179.